The van der Waals surface area contributed by atoms with Crippen LogP contribution in [0.3, 0.4) is 0 Å². The molecule has 2 heterocycles. The summed E-state index contributed by atoms with van der Waals surface area (Å²) in [5.74, 6) is 0.115. The number of H-pyrrole nitrogens is 3. The van der Waals surface area contributed by atoms with E-state index in [4.69, 9.17) is 0 Å². The molecule has 2 aromatic heterocycles. The Balaban J connectivity index is 2.33. The lowest BCUT2D eigenvalue weighted by Crippen LogP contribution is -2.34. The molecule has 0 aliphatic carbocycles. The van der Waals surface area contributed by atoms with Crippen molar-refractivity contribution < 1.29 is 8.42 Å². The third kappa shape index (κ3) is 2.74. The van der Waals surface area contributed by atoms with E-state index in [1.54, 1.807) is 0 Å². The van der Waals surface area contributed by atoms with Crippen molar-refractivity contribution >= 4 is 10.0 Å². The predicted octanol–water partition coefficient (Wildman–Crippen LogP) is -2.38. The Kier molecular flexibility index (Phi) is 3.26. The normalized spacial score (nSPS) is 13.3. The molecule has 0 saturated heterocycles. The smallest absolute Gasteiger partial charge is 0.313 e. The maximum Gasteiger partial charge on any atom is 0.325 e. The van der Waals surface area contributed by atoms with Gasteiger partial charge in [0.05, 0.1) is 6.04 Å². The number of sulfonamides is 1. The van der Waals surface area contributed by atoms with Gasteiger partial charge in [-0.1, -0.05) is 5.21 Å². The zero-order chi connectivity index (χ0) is 14.0. The first-order valence-electron chi connectivity index (χ1n) is 4.98. The molecule has 0 aromatic carbocycles. The van der Waals surface area contributed by atoms with Crippen LogP contribution in [0.15, 0.2) is 20.7 Å². The first-order valence-corrected chi connectivity index (χ1v) is 6.46. The van der Waals surface area contributed by atoms with Gasteiger partial charge in [-0.05, 0) is 6.92 Å². The summed E-state index contributed by atoms with van der Waals surface area (Å²) in [6.45, 7) is 1.47. The molecule has 0 fully saturated rings. The average molecular weight is 287 g/mol. The minimum Gasteiger partial charge on any atom is -0.313 e. The lowest BCUT2D eigenvalue weighted by molar-refractivity contribution is 0.558. The predicted molar refractivity (Wildman–Crippen MR) is 60.6 cm³/mol. The summed E-state index contributed by atoms with van der Waals surface area (Å²) in [5, 5.41) is 12.7. The number of nitrogens with zero attached hydrogens (tertiary/aromatic N) is 3. The van der Waals surface area contributed by atoms with Crippen molar-refractivity contribution in [2.45, 2.75) is 17.9 Å². The van der Waals surface area contributed by atoms with Crippen LogP contribution in [-0.4, -0.2) is 39.0 Å². The van der Waals surface area contributed by atoms with Crippen LogP contribution >= 0.6 is 0 Å². The molecule has 4 N–H and O–H groups in total. The second-order valence-electron chi connectivity index (χ2n) is 3.55. The van der Waals surface area contributed by atoms with Gasteiger partial charge in [-0.3, -0.25) is 9.78 Å². The molecule has 19 heavy (non-hydrogen) atoms. The molecule has 0 spiro atoms. The highest BCUT2D eigenvalue weighted by molar-refractivity contribution is 7.89. The Morgan fingerprint density at radius 1 is 1.37 bits per heavy atom. The molecular weight excluding hydrogens is 278 g/mol. The van der Waals surface area contributed by atoms with Crippen LogP contribution in [0, 0.1) is 0 Å². The van der Waals surface area contributed by atoms with Gasteiger partial charge in [-0.25, -0.2) is 17.9 Å². The second-order valence-corrected chi connectivity index (χ2v) is 5.23. The molecule has 0 aliphatic heterocycles. The van der Waals surface area contributed by atoms with E-state index in [1.807, 2.05) is 4.98 Å². The summed E-state index contributed by atoms with van der Waals surface area (Å²) in [7, 11) is -4.12. The molecule has 2 aromatic rings. The molecular formula is C7H9N7O4S. The van der Waals surface area contributed by atoms with Gasteiger partial charge in [0.2, 0.25) is 10.0 Å². The standard InChI is InChI=1S/C7H9N7O4S/c1-3(5-10-13-14-11-5)12-19(17,18)4-2-8-7(16)9-6(4)15/h2-3,12H,1H3,(H2,8,9,15,16)(H,10,11,13,14). The maximum absolute atomic E-state index is 11.9. The molecule has 0 bridgehead atoms. The van der Waals surface area contributed by atoms with Crippen LogP contribution < -0.4 is 16.0 Å². The van der Waals surface area contributed by atoms with Crippen molar-refractivity contribution in [3.8, 4) is 0 Å². The fourth-order valence-electron chi connectivity index (χ4n) is 1.30. The summed E-state index contributed by atoms with van der Waals surface area (Å²) in [5.41, 5.74) is -1.81. The van der Waals surface area contributed by atoms with Crippen molar-refractivity contribution in [3.05, 3.63) is 32.9 Å². The van der Waals surface area contributed by atoms with Crippen LogP contribution in [0.1, 0.15) is 18.8 Å². The van der Waals surface area contributed by atoms with Crippen molar-refractivity contribution in [2.24, 2.45) is 0 Å². The van der Waals surface area contributed by atoms with E-state index in [-0.39, 0.29) is 5.82 Å². The molecule has 1 atom stereocenters. The lowest BCUT2D eigenvalue weighted by Gasteiger charge is -2.09. The van der Waals surface area contributed by atoms with Gasteiger partial charge < -0.3 is 4.98 Å². The average Bonchev–Trinajstić information content (AvgIpc) is 2.80. The van der Waals surface area contributed by atoms with E-state index < -0.39 is 32.2 Å². The number of aromatic nitrogens is 6. The van der Waals surface area contributed by atoms with E-state index in [2.05, 4.69) is 30.3 Å². The number of tetrazole rings is 1. The molecule has 12 heteroatoms. The fraction of sp³-hybridized carbons (Fsp3) is 0.286. The van der Waals surface area contributed by atoms with E-state index in [0.717, 1.165) is 6.20 Å². The Bertz CT molecular complexity index is 774. The quantitative estimate of drug-likeness (QED) is 0.486. The summed E-state index contributed by atoms with van der Waals surface area (Å²) in [4.78, 5) is 25.5. The van der Waals surface area contributed by atoms with Gasteiger partial charge in [0.15, 0.2) is 10.7 Å². The highest BCUT2D eigenvalue weighted by Crippen LogP contribution is 2.08. The molecule has 0 amide bonds. The topological polar surface area (TPSA) is 166 Å². The van der Waals surface area contributed by atoms with Crippen molar-refractivity contribution in [1.82, 2.24) is 35.3 Å². The van der Waals surface area contributed by atoms with Crippen LogP contribution in [0.25, 0.3) is 0 Å². The second kappa shape index (κ2) is 4.74. The van der Waals surface area contributed by atoms with Crippen molar-refractivity contribution in [1.29, 1.82) is 0 Å². The number of hydrogen-bond acceptors (Lipinski definition) is 7. The molecule has 1 unspecified atom stereocenters. The number of aromatic amines is 3. The van der Waals surface area contributed by atoms with E-state index in [9.17, 15) is 18.0 Å². The van der Waals surface area contributed by atoms with E-state index in [1.165, 1.54) is 6.92 Å². The summed E-state index contributed by atoms with van der Waals surface area (Å²) >= 11 is 0. The van der Waals surface area contributed by atoms with Gasteiger partial charge in [0.25, 0.3) is 5.56 Å². The first kappa shape index (κ1) is 13.1. The lowest BCUT2D eigenvalue weighted by atomic mass is 10.4. The Morgan fingerprint density at radius 3 is 2.68 bits per heavy atom. The van der Waals surface area contributed by atoms with E-state index >= 15 is 0 Å². The highest BCUT2D eigenvalue weighted by atomic mass is 32.2. The minimum atomic E-state index is -4.12. The van der Waals surface area contributed by atoms with Gasteiger partial charge in [0.1, 0.15) is 0 Å². The Hall–Kier alpha value is -2.34. The van der Waals surface area contributed by atoms with Crippen LogP contribution in [0.2, 0.25) is 0 Å². The zero-order valence-electron chi connectivity index (χ0n) is 9.54. The van der Waals surface area contributed by atoms with Gasteiger partial charge >= 0.3 is 5.69 Å². The largest absolute Gasteiger partial charge is 0.325 e. The fourth-order valence-corrected chi connectivity index (χ4v) is 2.51. The first-order chi connectivity index (χ1) is 8.90. The zero-order valence-corrected chi connectivity index (χ0v) is 10.4. The third-order valence-corrected chi connectivity index (χ3v) is 3.70. The van der Waals surface area contributed by atoms with Crippen LogP contribution in [0.4, 0.5) is 0 Å². The molecule has 0 radical (unpaired) electrons. The molecule has 0 aliphatic rings. The molecule has 2 rings (SSSR count). The summed E-state index contributed by atoms with van der Waals surface area (Å²) in [6, 6.07) is -0.796. The number of rotatable bonds is 4. The van der Waals surface area contributed by atoms with Crippen molar-refractivity contribution in [2.75, 3.05) is 0 Å². The van der Waals surface area contributed by atoms with E-state index in [0.29, 0.717) is 0 Å². The third-order valence-electron chi connectivity index (χ3n) is 2.16. The van der Waals surface area contributed by atoms with Gasteiger partial charge in [-0.2, -0.15) is 5.21 Å². The Morgan fingerprint density at radius 2 is 2.11 bits per heavy atom. The maximum atomic E-state index is 11.9. The summed E-state index contributed by atoms with van der Waals surface area (Å²) in [6.07, 6.45) is 0.812. The molecule has 11 nitrogen and oxygen atoms in total. The minimum absolute atomic E-state index is 0.115. The van der Waals surface area contributed by atoms with Crippen LogP contribution in [0.5, 0.6) is 0 Å². The Labute approximate surface area is 105 Å². The number of hydrogen-bond donors (Lipinski definition) is 4. The summed E-state index contributed by atoms with van der Waals surface area (Å²) < 4.78 is 26.0. The highest BCUT2D eigenvalue weighted by Gasteiger charge is 2.23. The molecule has 0 saturated carbocycles. The van der Waals surface area contributed by atoms with Gasteiger partial charge in [0, 0.05) is 6.20 Å². The monoisotopic (exact) mass is 287 g/mol. The van der Waals surface area contributed by atoms with Crippen molar-refractivity contribution in [3.63, 3.8) is 0 Å². The van der Waals surface area contributed by atoms with Gasteiger partial charge in [-0.15, -0.1) is 10.2 Å². The number of nitrogens with one attached hydrogen (secondary N) is 4. The molecule has 102 valence electrons. The van der Waals surface area contributed by atoms with Crippen LogP contribution in [-0.2, 0) is 10.0 Å². The SMILES string of the molecule is CC(NS(=O)(=O)c1c[nH]c(=O)[nH]c1=O)c1nn[nH]n1.